The number of aromatic amines is 1. The van der Waals surface area contributed by atoms with E-state index < -0.39 is 11.7 Å². The molecule has 0 fully saturated rings. The molecule has 0 atom stereocenters. The average molecular weight is 333 g/mol. The summed E-state index contributed by atoms with van der Waals surface area (Å²) >= 11 is 0. The number of halogens is 3. The summed E-state index contributed by atoms with van der Waals surface area (Å²) in [5.41, 5.74) is 1.14. The summed E-state index contributed by atoms with van der Waals surface area (Å²) in [5.74, 6) is 0.665. The lowest BCUT2D eigenvalue weighted by Crippen LogP contribution is -2.05. The second-order valence-electron chi connectivity index (χ2n) is 5.44. The first-order chi connectivity index (χ1) is 11.4. The number of fused-ring (bicyclic) bond motifs is 1. The summed E-state index contributed by atoms with van der Waals surface area (Å²) in [7, 11) is 1.54. The van der Waals surface area contributed by atoms with Crippen LogP contribution in [0.25, 0.3) is 22.2 Å². The Morgan fingerprint density at radius 3 is 2.50 bits per heavy atom. The lowest BCUT2D eigenvalue weighted by Gasteiger charge is -2.07. The summed E-state index contributed by atoms with van der Waals surface area (Å²) in [6.07, 6.45) is -3.93. The van der Waals surface area contributed by atoms with Crippen LogP contribution < -0.4 is 4.74 Å². The highest BCUT2D eigenvalue weighted by Gasteiger charge is 2.34. The number of H-pyrrole nitrogens is 1. The fourth-order valence-electron chi connectivity index (χ4n) is 2.86. The van der Waals surface area contributed by atoms with Gasteiger partial charge in [0, 0.05) is 10.9 Å². The first kappa shape index (κ1) is 16.1. The number of benzene rings is 2. The number of alkyl halides is 3. The maximum absolute atomic E-state index is 13.2. The molecule has 124 valence electrons. The molecule has 6 heteroatoms. The molecule has 0 spiro atoms. The van der Waals surface area contributed by atoms with Gasteiger partial charge in [-0.25, -0.2) is 0 Å². The minimum absolute atomic E-state index is 0.0874. The van der Waals surface area contributed by atoms with Crippen molar-refractivity contribution in [2.24, 2.45) is 0 Å². The van der Waals surface area contributed by atoms with Gasteiger partial charge in [-0.3, -0.25) is 4.79 Å². The van der Waals surface area contributed by atoms with Gasteiger partial charge in [-0.2, -0.15) is 13.2 Å². The standard InChI is InChI=1S/C18H14F3NO2/c1-10-8-11(6-7-15(10)24-2)16-13(9-23)12-4-3-5-14(17(12)22-16)18(19,20)21/h3-9,22H,1-2H3. The van der Waals surface area contributed by atoms with E-state index >= 15 is 0 Å². The van der Waals surface area contributed by atoms with Gasteiger partial charge in [0.2, 0.25) is 0 Å². The molecule has 2 aromatic carbocycles. The fraction of sp³-hybridized carbons (Fsp3) is 0.167. The van der Waals surface area contributed by atoms with Gasteiger partial charge in [-0.1, -0.05) is 12.1 Å². The van der Waals surface area contributed by atoms with Crippen molar-refractivity contribution in [1.29, 1.82) is 0 Å². The highest BCUT2D eigenvalue weighted by Crippen LogP contribution is 2.38. The first-order valence-corrected chi connectivity index (χ1v) is 7.19. The molecule has 0 unspecified atom stereocenters. The van der Waals surface area contributed by atoms with Crippen molar-refractivity contribution in [2.45, 2.75) is 13.1 Å². The van der Waals surface area contributed by atoms with Crippen molar-refractivity contribution < 1.29 is 22.7 Å². The van der Waals surface area contributed by atoms with Gasteiger partial charge in [0.15, 0.2) is 6.29 Å². The third-order valence-corrected chi connectivity index (χ3v) is 3.98. The van der Waals surface area contributed by atoms with Gasteiger partial charge in [-0.15, -0.1) is 0 Å². The Bertz CT molecular complexity index is 926. The third-order valence-electron chi connectivity index (χ3n) is 3.98. The summed E-state index contributed by atoms with van der Waals surface area (Å²) in [4.78, 5) is 14.3. The van der Waals surface area contributed by atoms with Gasteiger partial charge < -0.3 is 9.72 Å². The second-order valence-corrected chi connectivity index (χ2v) is 5.44. The number of carbonyl (C=O) groups is 1. The first-order valence-electron chi connectivity index (χ1n) is 7.19. The van der Waals surface area contributed by atoms with E-state index in [-0.39, 0.29) is 16.5 Å². The fourth-order valence-corrected chi connectivity index (χ4v) is 2.86. The number of hydrogen-bond donors (Lipinski definition) is 1. The van der Waals surface area contributed by atoms with E-state index in [0.717, 1.165) is 11.6 Å². The third kappa shape index (κ3) is 2.54. The van der Waals surface area contributed by atoms with Crippen LogP contribution in [0, 0.1) is 6.92 Å². The summed E-state index contributed by atoms with van der Waals surface area (Å²) in [5, 5.41) is 0.253. The molecule has 1 aromatic heterocycles. The van der Waals surface area contributed by atoms with E-state index in [0.29, 0.717) is 23.3 Å². The average Bonchev–Trinajstić information content (AvgIpc) is 2.92. The lowest BCUT2D eigenvalue weighted by atomic mass is 10.0. The molecule has 0 aliphatic heterocycles. The zero-order valence-electron chi connectivity index (χ0n) is 13.0. The van der Waals surface area contributed by atoms with Crippen molar-refractivity contribution >= 4 is 17.2 Å². The molecular formula is C18H14F3NO2. The molecule has 24 heavy (non-hydrogen) atoms. The highest BCUT2D eigenvalue weighted by molar-refractivity contribution is 6.05. The van der Waals surface area contributed by atoms with Crippen LogP contribution in [0.15, 0.2) is 36.4 Å². The number of hydrogen-bond acceptors (Lipinski definition) is 2. The minimum Gasteiger partial charge on any atom is -0.496 e. The topological polar surface area (TPSA) is 42.1 Å². The summed E-state index contributed by atoms with van der Waals surface area (Å²) in [6.45, 7) is 1.83. The molecule has 0 saturated heterocycles. The van der Waals surface area contributed by atoms with Crippen molar-refractivity contribution in [3.05, 3.63) is 53.1 Å². The smallest absolute Gasteiger partial charge is 0.418 e. The van der Waals surface area contributed by atoms with E-state index in [9.17, 15) is 18.0 Å². The van der Waals surface area contributed by atoms with Crippen molar-refractivity contribution in [3.63, 3.8) is 0 Å². The summed E-state index contributed by atoms with van der Waals surface area (Å²) in [6, 6.07) is 8.99. The van der Waals surface area contributed by atoms with Gasteiger partial charge >= 0.3 is 6.18 Å². The Morgan fingerprint density at radius 2 is 1.92 bits per heavy atom. The van der Waals surface area contributed by atoms with E-state index in [1.807, 2.05) is 6.92 Å². The van der Waals surface area contributed by atoms with Crippen molar-refractivity contribution in [1.82, 2.24) is 4.98 Å². The van der Waals surface area contributed by atoms with Crippen molar-refractivity contribution in [3.8, 4) is 17.0 Å². The number of aldehydes is 1. The number of nitrogens with one attached hydrogen (secondary N) is 1. The van der Waals surface area contributed by atoms with Gasteiger partial charge in [0.25, 0.3) is 0 Å². The van der Waals surface area contributed by atoms with Gasteiger partial charge in [-0.05, 0) is 42.3 Å². The number of ether oxygens (including phenoxy) is 1. The second kappa shape index (κ2) is 5.70. The Morgan fingerprint density at radius 1 is 1.17 bits per heavy atom. The molecule has 0 aliphatic carbocycles. The molecule has 1 heterocycles. The predicted octanol–water partition coefficient (Wildman–Crippen LogP) is 4.98. The molecule has 0 aliphatic rings. The Balaban J connectivity index is 2.29. The van der Waals surface area contributed by atoms with Crippen LogP contribution in [-0.4, -0.2) is 18.4 Å². The molecule has 0 amide bonds. The molecular weight excluding hydrogens is 319 g/mol. The Hall–Kier alpha value is -2.76. The molecule has 1 N–H and O–H groups in total. The van der Waals surface area contributed by atoms with E-state index in [1.54, 1.807) is 18.2 Å². The number of para-hydroxylation sites is 1. The molecule has 3 nitrogen and oxygen atoms in total. The zero-order chi connectivity index (χ0) is 17.5. The predicted molar refractivity (Wildman–Crippen MR) is 85.4 cm³/mol. The van der Waals surface area contributed by atoms with Crippen molar-refractivity contribution in [2.75, 3.05) is 7.11 Å². The molecule has 3 rings (SSSR count). The van der Waals surface area contributed by atoms with Crippen LogP contribution in [0.4, 0.5) is 13.2 Å². The van der Waals surface area contributed by atoms with Crippen LogP contribution >= 0.6 is 0 Å². The molecule has 0 bridgehead atoms. The number of aryl methyl sites for hydroxylation is 1. The van der Waals surface area contributed by atoms with Crippen LogP contribution in [0.3, 0.4) is 0 Å². The number of rotatable bonds is 3. The largest absolute Gasteiger partial charge is 0.496 e. The minimum atomic E-state index is -4.50. The van der Waals surface area contributed by atoms with Crippen LogP contribution in [-0.2, 0) is 6.18 Å². The van der Waals surface area contributed by atoms with E-state index in [2.05, 4.69) is 4.98 Å². The Labute approximate surface area is 136 Å². The Kier molecular flexibility index (Phi) is 3.83. The van der Waals surface area contributed by atoms with Gasteiger partial charge in [0.1, 0.15) is 5.75 Å². The van der Waals surface area contributed by atoms with Crippen LogP contribution in [0.1, 0.15) is 21.5 Å². The summed E-state index contributed by atoms with van der Waals surface area (Å²) < 4.78 is 44.8. The molecule has 3 aromatic rings. The van der Waals surface area contributed by atoms with Gasteiger partial charge in [0.05, 0.1) is 23.9 Å². The number of aromatic nitrogens is 1. The van der Waals surface area contributed by atoms with Crippen LogP contribution in [0.5, 0.6) is 5.75 Å². The lowest BCUT2D eigenvalue weighted by molar-refractivity contribution is -0.136. The normalized spacial score (nSPS) is 11.7. The van der Waals surface area contributed by atoms with E-state index in [1.165, 1.54) is 19.2 Å². The van der Waals surface area contributed by atoms with Crippen LogP contribution in [0.2, 0.25) is 0 Å². The SMILES string of the molecule is COc1ccc(-c2[nH]c3c(C(F)(F)F)cccc3c2C=O)cc1C. The maximum atomic E-state index is 13.2. The highest BCUT2D eigenvalue weighted by atomic mass is 19.4. The maximum Gasteiger partial charge on any atom is 0.418 e. The monoisotopic (exact) mass is 333 g/mol. The molecule has 0 saturated carbocycles. The number of carbonyl (C=O) groups excluding carboxylic acids is 1. The quantitative estimate of drug-likeness (QED) is 0.687. The number of methoxy groups -OCH3 is 1. The van der Waals surface area contributed by atoms with E-state index in [4.69, 9.17) is 4.74 Å². The molecule has 0 radical (unpaired) electrons. The zero-order valence-corrected chi connectivity index (χ0v) is 13.0.